The second-order valence-electron chi connectivity index (χ2n) is 8.80. The van der Waals surface area contributed by atoms with Crippen molar-refractivity contribution in [2.24, 2.45) is 3.15 Å². The molecule has 3 aromatic carbocycles. The highest BCUT2D eigenvalue weighted by Crippen LogP contribution is 2.34. The van der Waals surface area contributed by atoms with Gasteiger partial charge in [0.25, 0.3) is 0 Å². The van der Waals surface area contributed by atoms with E-state index in [-0.39, 0.29) is 17.0 Å². The maximum absolute atomic E-state index is 14.1. The number of nitriles is 2. The molecule has 10 heteroatoms. The Kier molecular flexibility index (Phi) is 7.33. The molecule has 186 valence electrons. The number of hydrogen-bond acceptors (Lipinski definition) is 7. The van der Waals surface area contributed by atoms with Crippen LogP contribution in [0.4, 0.5) is 5.69 Å². The van der Waals surface area contributed by atoms with Gasteiger partial charge in [0.2, 0.25) is 10.0 Å². The van der Waals surface area contributed by atoms with Gasteiger partial charge >= 0.3 is 0 Å². The van der Waals surface area contributed by atoms with Gasteiger partial charge in [-0.2, -0.15) is 14.8 Å². The van der Waals surface area contributed by atoms with E-state index in [2.05, 4.69) is 17.6 Å². The minimum absolute atomic E-state index is 0.0831. The van der Waals surface area contributed by atoms with Crippen LogP contribution in [0.1, 0.15) is 22.3 Å². The Morgan fingerprint density at radius 2 is 1.78 bits per heavy atom. The van der Waals surface area contributed by atoms with Gasteiger partial charge in [-0.3, -0.25) is 0 Å². The van der Waals surface area contributed by atoms with E-state index in [1.165, 1.54) is 16.4 Å². The zero-order chi connectivity index (χ0) is 25.8. The summed E-state index contributed by atoms with van der Waals surface area (Å²) in [6.45, 7) is 1.12. The van der Waals surface area contributed by atoms with Gasteiger partial charge in [-0.15, -0.1) is 0 Å². The van der Waals surface area contributed by atoms with Crippen molar-refractivity contribution in [2.45, 2.75) is 23.9 Å². The van der Waals surface area contributed by atoms with Crippen molar-refractivity contribution >= 4 is 37.0 Å². The number of hydrogen-bond donors (Lipinski definition) is 1. The Morgan fingerprint density at radius 1 is 1.00 bits per heavy atom. The SMILES string of the molecule is N#Cc1cccc(S(=O)(=O)N2Cc3cc(C#N)ccc3N(CC3=CN=IN3)C[C@H]2Cc2ccccc2)c1. The largest absolute Gasteiger partial charge is 0.364 e. The van der Waals surface area contributed by atoms with Crippen LogP contribution in [0, 0.1) is 22.7 Å². The Labute approximate surface area is 227 Å². The normalized spacial score (nSPS) is 17.4. The maximum Gasteiger partial charge on any atom is 0.243 e. The third-order valence-electron chi connectivity index (χ3n) is 6.38. The van der Waals surface area contributed by atoms with Crippen LogP contribution in [0.5, 0.6) is 0 Å². The first-order chi connectivity index (χ1) is 18.0. The van der Waals surface area contributed by atoms with Crippen molar-refractivity contribution < 1.29 is 8.42 Å². The lowest BCUT2D eigenvalue weighted by atomic mass is 10.1. The smallest absolute Gasteiger partial charge is 0.243 e. The number of nitrogens with one attached hydrogen (secondary N) is 1. The van der Waals surface area contributed by atoms with Gasteiger partial charge in [-0.05, 0) is 53.9 Å². The van der Waals surface area contributed by atoms with Crippen molar-refractivity contribution in [3.8, 4) is 12.1 Å². The molecule has 0 fully saturated rings. The zero-order valence-corrected chi connectivity index (χ0v) is 22.7. The summed E-state index contributed by atoms with van der Waals surface area (Å²) in [5, 5.41) is 18.9. The number of anilines is 1. The standard InChI is InChI=1S/C27H23IN6O2S/c29-14-21-7-4-8-26(13-21)37(35,36)34-17-23-11-22(15-30)9-10-27(23)33(18-24-16-31-28-32-24)19-25(34)12-20-5-2-1-3-6-20/h1-11,13,16,25H,12,17-19H2,(H,31,32)/t25-/m1/s1. The number of halogens is 1. The van der Waals surface area contributed by atoms with Gasteiger partial charge in [0.1, 0.15) is 21.3 Å². The van der Waals surface area contributed by atoms with Crippen LogP contribution in [-0.2, 0) is 23.0 Å². The second kappa shape index (κ2) is 10.8. The van der Waals surface area contributed by atoms with E-state index in [9.17, 15) is 18.9 Å². The van der Waals surface area contributed by atoms with Crippen LogP contribution in [0.15, 0.2) is 92.7 Å². The topological polar surface area (TPSA) is 113 Å². The molecule has 0 amide bonds. The fourth-order valence-electron chi connectivity index (χ4n) is 4.64. The van der Waals surface area contributed by atoms with E-state index in [0.29, 0.717) is 25.1 Å². The Balaban J connectivity index is 1.62. The van der Waals surface area contributed by atoms with E-state index in [1.807, 2.05) is 48.7 Å². The summed E-state index contributed by atoms with van der Waals surface area (Å²) in [4.78, 5) is 2.26. The quantitative estimate of drug-likeness (QED) is 0.319. The molecule has 0 bridgehead atoms. The summed E-state index contributed by atoms with van der Waals surface area (Å²) in [6, 6.07) is 25.2. The van der Waals surface area contributed by atoms with Gasteiger partial charge < -0.3 is 8.43 Å². The molecule has 0 aromatic heterocycles. The van der Waals surface area contributed by atoms with E-state index >= 15 is 0 Å². The molecular formula is C27H23IN6O2S. The molecule has 0 radical (unpaired) electrons. The molecule has 0 saturated carbocycles. The predicted octanol–water partition coefficient (Wildman–Crippen LogP) is 4.57. The van der Waals surface area contributed by atoms with Gasteiger partial charge in [0, 0.05) is 24.8 Å². The van der Waals surface area contributed by atoms with Crippen LogP contribution in [0.3, 0.4) is 0 Å². The van der Waals surface area contributed by atoms with Crippen molar-refractivity contribution in [1.82, 2.24) is 7.84 Å². The molecule has 2 aliphatic heterocycles. The Hall–Kier alpha value is -3.58. The van der Waals surface area contributed by atoms with Gasteiger partial charge in [0.15, 0.2) is 0 Å². The molecule has 37 heavy (non-hydrogen) atoms. The first kappa shape index (κ1) is 25.1. The van der Waals surface area contributed by atoms with Crippen molar-refractivity contribution in [2.75, 3.05) is 18.0 Å². The lowest BCUT2D eigenvalue weighted by Gasteiger charge is -2.32. The molecular weight excluding hydrogens is 599 g/mol. The molecule has 0 aliphatic carbocycles. The molecule has 1 N–H and O–H groups in total. The molecule has 0 unspecified atom stereocenters. The summed E-state index contributed by atoms with van der Waals surface area (Å²) in [5.74, 6) is 0. The monoisotopic (exact) mass is 622 g/mol. The minimum atomic E-state index is -3.97. The van der Waals surface area contributed by atoms with E-state index in [0.717, 1.165) is 22.5 Å². The summed E-state index contributed by atoms with van der Waals surface area (Å²) in [7, 11) is -3.97. The highest BCUT2D eigenvalue weighted by molar-refractivity contribution is 14.1. The average Bonchev–Trinajstić information content (AvgIpc) is 3.39. The highest BCUT2D eigenvalue weighted by atomic mass is 127. The molecule has 0 spiro atoms. The van der Waals surface area contributed by atoms with Crippen molar-refractivity contribution in [1.29, 1.82) is 10.5 Å². The maximum atomic E-state index is 14.1. The number of benzene rings is 3. The second-order valence-corrected chi connectivity index (χ2v) is 12.3. The Morgan fingerprint density at radius 3 is 2.51 bits per heavy atom. The molecule has 1 atom stereocenters. The summed E-state index contributed by atoms with van der Waals surface area (Å²) in [5.41, 5.74) is 4.45. The van der Waals surface area contributed by atoms with Gasteiger partial charge in [-0.25, -0.2) is 11.6 Å². The van der Waals surface area contributed by atoms with Gasteiger partial charge in [-0.1, -0.05) is 36.4 Å². The number of sulfonamides is 1. The lowest BCUT2D eigenvalue weighted by Crippen LogP contribution is -2.46. The van der Waals surface area contributed by atoms with E-state index < -0.39 is 37.4 Å². The predicted molar refractivity (Wildman–Crippen MR) is 149 cm³/mol. The zero-order valence-electron chi connectivity index (χ0n) is 19.8. The first-order valence-corrected chi connectivity index (χ1v) is 15.1. The average molecular weight is 622 g/mol. The third kappa shape index (κ3) is 5.42. The number of fused-ring (bicyclic) bond motifs is 1. The summed E-state index contributed by atoms with van der Waals surface area (Å²) >= 11 is -0.446. The fraction of sp³-hybridized carbons (Fsp3) is 0.185. The Bertz CT molecular complexity index is 1570. The van der Waals surface area contributed by atoms with Crippen LogP contribution >= 0.6 is 21.3 Å². The van der Waals surface area contributed by atoms with Crippen LogP contribution < -0.4 is 8.43 Å². The van der Waals surface area contributed by atoms with Crippen molar-refractivity contribution in [3.05, 3.63) is 107 Å². The van der Waals surface area contributed by atoms with Crippen LogP contribution in [-0.4, -0.2) is 31.9 Å². The van der Waals surface area contributed by atoms with Crippen LogP contribution in [0.2, 0.25) is 0 Å². The molecule has 3 aromatic rings. The molecule has 2 aliphatic rings. The van der Waals surface area contributed by atoms with Crippen LogP contribution in [0.25, 0.3) is 0 Å². The molecule has 2 heterocycles. The molecule has 0 saturated heterocycles. The molecule has 5 rings (SSSR count). The number of rotatable bonds is 6. The highest BCUT2D eigenvalue weighted by Gasteiger charge is 2.37. The molecule has 8 nitrogen and oxygen atoms in total. The minimum Gasteiger partial charge on any atom is -0.364 e. The summed E-state index contributed by atoms with van der Waals surface area (Å²) < 4.78 is 37.5. The fourth-order valence-corrected chi connectivity index (χ4v) is 7.51. The first-order valence-electron chi connectivity index (χ1n) is 11.6. The van der Waals surface area contributed by atoms with E-state index in [4.69, 9.17) is 0 Å². The third-order valence-corrected chi connectivity index (χ3v) is 9.76. The van der Waals surface area contributed by atoms with Gasteiger partial charge in [0.05, 0.1) is 46.6 Å². The van der Waals surface area contributed by atoms with E-state index in [1.54, 1.807) is 24.3 Å². The summed E-state index contributed by atoms with van der Waals surface area (Å²) in [6.07, 6.45) is 2.37. The lowest BCUT2D eigenvalue weighted by molar-refractivity contribution is 0.319. The van der Waals surface area contributed by atoms with Crippen molar-refractivity contribution in [3.63, 3.8) is 0 Å². The number of nitrogens with zero attached hydrogens (tertiary/aromatic N) is 5.